The number of rotatable bonds is 3. The van der Waals surface area contributed by atoms with Gasteiger partial charge < -0.3 is 4.98 Å². The van der Waals surface area contributed by atoms with Crippen molar-refractivity contribution < 1.29 is 0 Å². The summed E-state index contributed by atoms with van der Waals surface area (Å²) in [5.41, 5.74) is 3.42. The van der Waals surface area contributed by atoms with Gasteiger partial charge in [-0.3, -0.25) is 0 Å². The zero-order valence-corrected chi connectivity index (χ0v) is 13.5. The summed E-state index contributed by atoms with van der Waals surface area (Å²) in [6.45, 7) is 0. The van der Waals surface area contributed by atoms with E-state index in [2.05, 4.69) is 28.2 Å². The standard InChI is InChI=1S/C19H21ClN2/c20-16-10-11-21-19-18(16)15-12-14(8-9-17(15)22-19)7-6-13-4-2-1-3-5-13/h8-13H,1-7H2,(H,21,22). The molecule has 1 saturated carbocycles. The van der Waals surface area contributed by atoms with E-state index in [4.69, 9.17) is 11.6 Å². The van der Waals surface area contributed by atoms with Crippen molar-refractivity contribution >= 4 is 33.5 Å². The van der Waals surface area contributed by atoms with Crippen LogP contribution in [0.2, 0.25) is 5.02 Å². The van der Waals surface area contributed by atoms with Crippen molar-refractivity contribution in [2.45, 2.75) is 44.9 Å². The van der Waals surface area contributed by atoms with Gasteiger partial charge in [0.2, 0.25) is 0 Å². The molecule has 0 radical (unpaired) electrons. The first-order chi connectivity index (χ1) is 10.8. The summed E-state index contributed by atoms with van der Waals surface area (Å²) in [5.74, 6) is 0.928. The number of pyridine rings is 1. The molecule has 1 N–H and O–H groups in total. The summed E-state index contributed by atoms with van der Waals surface area (Å²) in [4.78, 5) is 7.74. The van der Waals surface area contributed by atoms with Crippen LogP contribution >= 0.6 is 11.6 Å². The Kier molecular flexibility index (Phi) is 3.79. The predicted molar refractivity (Wildman–Crippen MR) is 93.5 cm³/mol. The summed E-state index contributed by atoms with van der Waals surface area (Å²) in [6, 6.07) is 8.58. The van der Waals surface area contributed by atoms with Crippen molar-refractivity contribution in [1.82, 2.24) is 9.97 Å². The molecule has 0 atom stereocenters. The highest BCUT2D eigenvalue weighted by Gasteiger charge is 2.14. The number of aryl methyl sites for hydroxylation is 1. The average Bonchev–Trinajstić information content (AvgIpc) is 2.93. The highest BCUT2D eigenvalue weighted by atomic mass is 35.5. The first kappa shape index (κ1) is 14.1. The van der Waals surface area contributed by atoms with Crippen LogP contribution in [-0.2, 0) is 6.42 Å². The Hall–Kier alpha value is -1.54. The van der Waals surface area contributed by atoms with E-state index in [1.54, 1.807) is 6.20 Å². The zero-order valence-electron chi connectivity index (χ0n) is 12.7. The molecule has 22 heavy (non-hydrogen) atoms. The van der Waals surface area contributed by atoms with Crippen molar-refractivity contribution in [1.29, 1.82) is 0 Å². The van der Waals surface area contributed by atoms with Gasteiger partial charge in [0.1, 0.15) is 5.65 Å². The predicted octanol–water partition coefficient (Wildman–Crippen LogP) is 5.88. The molecule has 2 aromatic heterocycles. The molecule has 3 aromatic rings. The number of nitrogens with zero attached hydrogens (tertiary/aromatic N) is 1. The minimum absolute atomic E-state index is 0.778. The van der Waals surface area contributed by atoms with Crippen molar-refractivity contribution in [3.05, 3.63) is 41.0 Å². The van der Waals surface area contributed by atoms with Gasteiger partial charge in [-0.1, -0.05) is 49.8 Å². The number of benzene rings is 1. The third-order valence-electron chi connectivity index (χ3n) is 5.07. The van der Waals surface area contributed by atoms with Crippen LogP contribution in [0.15, 0.2) is 30.5 Å². The van der Waals surface area contributed by atoms with Crippen molar-refractivity contribution in [2.24, 2.45) is 5.92 Å². The van der Waals surface area contributed by atoms with Gasteiger partial charge in [0.15, 0.2) is 0 Å². The van der Waals surface area contributed by atoms with E-state index in [0.717, 1.165) is 27.5 Å². The van der Waals surface area contributed by atoms with Crippen LogP contribution in [0.5, 0.6) is 0 Å². The van der Waals surface area contributed by atoms with Crippen LogP contribution < -0.4 is 0 Å². The van der Waals surface area contributed by atoms with Gasteiger partial charge in [0.25, 0.3) is 0 Å². The van der Waals surface area contributed by atoms with Crippen LogP contribution in [0.4, 0.5) is 0 Å². The smallest absolute Gasteiger partial charge is 0.139 e. The van der Waals surface area contributed by atoms with E-state index in [0.29, 0.717) is 0 Å². The fraction of sp³-hybridized carbons (Fsp3) is 0.421. The van der Waals surface area contributed by atoms with Gasteiger partial charge in [0.05, 0.1) is 5.02 Å². The summed E-state index contributed by atoms with van der Waals surface area (Å²) in [6.07, 6.45) is 11.4. The second kappa shape index (κ2) is 5.92. The van der Waals surface area contributed by atoms with Crippen molar-refractivity contribution in [3.63, 3.8) is 0 Å². The maximum Gasteiger partial charge on any atom is 0.139 e. The molecule has 0 aliphatic heterocycles. The second-order valence-electron chi connectivity index (χ2n) is 6.56. The van der Waals surface area contributed by atoms with Crippen LogP contribution in [0.25, 0.3) is 21.9 Å². The second-order valence-corrected chi connectivity index (χ2v) is 6.97. The molecule has 2 nitrogen and oxygen atoms in total. The molecule has 1 aliphatic rings. The Morgan fingerprint density at radius 1 is 1.14 bits per heavy atom. The van der Waals surface area contributed by atoms with Crippen LogP contribution in [0.1, 0.15) is 44.1 Å². The Morgan fingerprint density at radius 3 is 2.86 bits per heavy atom. The van der Waals surface area contributed by atoms with E-state index < -0.39 is 0 Å². The monoisotopic (exact) mass is 312 g/mol. The molecule has 114 valence electrons. The highest BCUT2D eigenvalue weighted by Crippen LogP contribution is 2.32. The SMILES string of the molecule is Clc1ccnc2[nH]c3ccc(CCC4CCCCC4)cc3c12. The van der Waals surface area contributed by atoms with Gasteiger partial charge in [-0.05, 0) is 42.5 Å². The topological polar surface area (TPSA) is 28.7 Å². The Morgan fingerprint density at radius 2 is 2.00 bits per heavy atom. The number of hydrogen-bond donors (Lipinski definition) is 1. The molecular weight excluding hydrogens is 292 g/mol. The minimum Gasteiger partial charge on any atom is -0.339 e. The Balaban J connectivity index is 1.63. The third kappa shape index (κ3) is 2.61. The van der Waals surface area contributed by atoms with Gasteiger partial charge in [-0.2, -0.15) is 0 Å². The van der Waals surface area contributed by atoms with E-state index in [1.807, 2.05) is 6.07 Å². The van der Waals surface area contributed by atoms with Gasteiger partial charge in [-0.15, -0.1) is 0 Å². The maximum atomic E-state index is 6.37. The molecule has 2 heterocycles. The summed E-state index contributed by atoms with van der Waals surface area (Å²) in [7, 11) is 0. The fourth-order valence-electron chi connectivity index (χ4n) is 3.83. The summed E-state index contributed by atoms with van der Waals surface area (Å²) >= 11 is 6.37. The van der Waals surface area contributed by atoms with E-state index in [9.17, 15) is 0 Å². The number of aromatic nitrogens is 2. The zero-order chi connectivity index (χ0) is 14.9. The maximum absolute atomic E-state index is 6.37. The molecular formula is C19H21ClN2. The number of fused-ring (bicyclic) bond motifs is 3. The normalized spacial score (nSPS) is 16.6. The minimum atomic E-state index is 0.778. The van der Waals surface area contributed by atoms with Gasteiger partial charge in [-0.25, -0.2) is 4.98 Å². The van der Waals surface area contributed by atoms with Crippen LogP contribution in [-0.4, -0.2) is 9.97 Å². The molecule has 1 aromatic carbocycles. The van der Waals surface area contributed by atoms with Gasteiger partial charge in [0, 0.05) is 22.5 Å². The lowest BCUT2D eigenvalue weighted by Gasteiger charge is -2.21. The Labute approximate surface area is 135 Å². The highest BCUT2D eigenvalue weighted by molar-refractivity contribution is 6.37. The molecule has 0 saturated heterocycles. The lowest BCUT2D eigenvalue weighted by atomic mass is 9.85. The molecule has 0 bridgehead atoms. The number of aromatic amines is 1. The molecule has 0 spiro atoms. The number of H-pyrrole nitrogens is 1. The molecule has 1 aliphatic carbocycles. The van der Waals surface area contributed by atoms with Crippen LogP contribution in [0.3, 0.4) is 0 Å². The number of halogens is 1. The number of hydrogen-bond acceptors (Lipinski definition) is 1. The quantitative estimate of drug-likeness (QED) is 0.642. The molecule has 0 amide bonds. The van der Waals surface area contributed by atoms with E-state index in [-0.39, 0.29) is 0 Å². The summed E-state index contributed by atoms with van der Waals surface area (Å²) in [5, 5.41) is 3.04. The first-order valence-electron chi connectivity index (χ1n) is 8.36. The van der Waals surface area contributed by atoms with Gasteiger partial charge >= 0.3 is 0 Å². The molecule has 3 heteroatoms. The lowest BCUT2D eigenvalue weighted by molar-refractivity contribution is 0.339. The van der Waals surface area contributed by atoms with E-state index >= 15 is 0 Å². The molecule has 0 unspecified atom stereocenters. The largest absolute Gasteiger partial charge is 0.339 e. The summed E-state index contributed by atoms with van der Waals surface area (Å²) < 4.78 is 0. The first-order valence-corrected chi connectivity index (χ1v) is 8.74. The lowest BCUT2D eigenvalue weighted by Crippen LogP contribution is -2.07. The average molecular weight is 313 g/mol. The fourth-order valence-corrected chi connectivity index (χ4v) is 4.07. The third-order valence-corrected chi connectivity index (χ3v) is 5.39. The van der Waals surface area contributed by atoms with Crippen LogP contribution in [0, 0.1) is 5.92 Å². The van der Waals surface area contributed by atoms with Crippen molar-refractivity contribution in [3.8, 4) is 0 Å². The molecule has 4 rings (SSSR count). The van der Waals surface area contributed by atoms with E-state index in [1.165, 1.54) is 55.9 Å². The Bertz CT molecular complexity index is 800. The molecule has 1 fully saturated rings. The van der Waals surface area contributed by atoms with Crippen molar-refractivity contribution in [2.75, 3.05) is 0 Å². The number of nitrogens with one attached hydrogen (secondary N) is 1.